The Labute approximate surface area is 231 Å². The summed E-state index contributed by atoms with van der Waals surface area (Å²) in [5.74, 6) is -0.540. The minimum absolute atomic E-state index is 0.0358. The molecule has 1 atom stereocenters. The Balaban J connectivity index is 1.55. The molecule has 0 aliphatic carbocycles. The smallest absolute Gasteiger partial charge is 0.343 e. The van der Waals surface area contributed by atoms with Gasteiger partial charge >= 0.3 is 5.97 Å². The third-order valence-electron chi connectivity index (χ3n) is 6.58. The van der Waals surface area contributed by atoms with E-state index in [0.29, 0.717) is 33.9 Å². The van der Waals surface area contributed by atoms with E-state index < -0.39 is 18.0 Å². The second-order valence-electron chi connectivity index (χ2n) is 9.32. The first-order valence-electron chi connectivity index (χ1n) is 12.7. The number of nitrogens with one attached hydrogen (secondary N) is 1. The number of rotatable bonds is 7. The Morgan fingerprint density at radius 1 is 0.850 bits per heavy atom. The predicted molar refractivity (Wildman–Crippen MR) is 154 cm³/mol. The van der Waals surface area contributed by atoms with Gasteiger partial charge in [-0.1, -0.05) is 72.8 Å². The van der Waals surface area contributed by atoms with Crippen LogP contribution in [0.3, 0.4) is 0 Å². The Morgan fingerprint density at radius 2 is 1.55 bits per heavy atom. The van der Waals surface area contributed by atoms with Gasteiger partial charge in [-0.05, 0) is 43.7 Å². The SMILES string of the molecule is COc1ccc(C)cc1NC(=O)[C@H](OC(=O)c1cccc2c(=O)c(C)c(-c3ccccc3)oc12)c1ccccc1. The molecule has 0 bridgehead atoms. The Kier molecular flexibility index (Phi) is 7.46. The zero-order valence-corrected chi connectivity index (χ0v) is 22.3. The number of hydrogen-bond donors (Lipinski definition) is 1. The van der Waals surface area contributed by atoms with Crippen LogP contribution in [0, 0.1) is 13.8 Å². The largest absolute Gasteiger partial charge is 0.495 e. The maximum absolute atomic E-state index is 13.6. The van der Waals surface area contributed by atoms with E-state index in [1.54, 1.807) is 61.5 Å². The number of anilines is 1. The fourth-order valence-corrected chi connectivity index (χ4v) is 4.52. The van der Waals surface area contributed by atoms with E-state index in [4.69, 9.17) is 13.9 Å². The lowest BCUT2D eigenvalue weighted by Gasteiger charge is -2.19. The summed E-state index contributed by atoms with van der Waals surface area (Å²) in [4.78, 5) is 40.4. The highest BCUT2D eigenvalue weighted by molar-refractivity contribution is 6.04. The van der Waals surface area contributed by atoms with E-state index in [2.05, 4.69) is 5.32 Å². The molecule has 5 aromatic rings. The lowest BCUT2D eigenvalue weighted by molar-refractivity contribution is -0.125. The van der Waals surface area contributed by atoms with Crippen LogP contribution in [-0.4, -0.2) is 19.0 Å². The molecule has 0 saturated heterocycles. The normalized spacial score (nSPS) is 11.6. The first kappa shape index (κ1) is 26.4. The number of benzene rings is 4. The van der Waals surface area contributed by atoms with E-state index in [0.717, 1.165) is 5.56 Å². The summed E-state index contributed by atoms with van der Waals surface area (Å²) < 4.78 is 17.4. The maximum atomic E-state index is 13.6. The molecule has 7 nitrogen and oxygen atoms in total. The first-order valence-corrected chi connectivity index (χ1v) is 12.7. The molecule has 0 spiro atoms. The predicted octanol–water partition coefficient (Wildman–Crippen LogP) is 6.62. The van der Waals surface area contributed by atoms with Crippen molar-refractivity contribution in [3.05, 3.63) is 130 Å². The van der Waals surface area contributed by atoms with Crippen LogP contribution < -0.4 is 15.5 Å². The number of hydrogen-bond acceptors (Lipinski definition) is 6. The van der Waals surface area contributed by atoms with E-state index in [-0.39, 0.29) is 22.0 Å². The molecule has 0 fully saturated rings. The van der Waals surface area contributed by atoms with Crippen molar-refractivity contribution in [2.45, 2.75) is 20.0 Å². The average molecular weight is 534 g/mol. The van der Waals surface area contributed by atoms with Gasteiger partial charge in [0.1, 0.15) is 17.1 Å². The van der Waals surface area contributed by atoms with Gasteiger partial charge in [0.25, 0.3) is 5.91 Å². The summed E-state index contributed by atoms with van der Waals surface area (Å²) in [6.07, 6.45) is -1.29. The molecule has 0 saturated carbocycles. The van der Waals surface area contributed by atoms with Crippen LogP contribution in [0.5, 0.6) is 5.75 Å². The second-order valence-corrected chi connectivity index (χ2v) is 9.32. The molecule has 0 aliphatic heterocycles. The van der Waals surface area contributed by atoms with Crippen molar-refractivity contribution in [3.8, 4) is 17.1 Å². The van der Waals surface area contributed by atoms with Gasteiger partial charge in [-0.3, -0.25) is 9.59 Å². The fraction of sp³-hybridized carbons (Fsp3) is 0.121. The van der Waals surface area contributed by atoms with Crippen LogP contribution in [0.15, 0.2) is 106 Å². The van der Waals surface area contributed by atoms with Crippen molar-refractivity contribution < 1.29 is 23.5 Å². The molecular weight excluding hydrogens is 506 g/mol. The number of para-hydroxylation sites is 1. The van der Waals surface area contributed by atoms with Crippen molar-refractivity contribution in [3.63, 3.8) is 0 Å². The molecule has 0 aliphatic rings. The topological polar surface area (TPSA) is 94.8 Å². The zero-order chi connectivity index (χ0) is 28.2. The lowest BCUT2D eigenvalue weighted by Crippen LogP contribution is -2.26. The number of aryl methyl sites for hydroxylation is 1. The number of methoxy groups -OCH3 is 1. The highest BCUT2D eigenvalue weighted by Gasteiger charge is 2.28. The molecule has 0 radical (unpaired) electrons. The van der Waals surface area contributed by atoms with Crippen molar-refractivity contribution in [2.75, 3.05) is 12.4 Å². The number of fused-ring (bicyclic) bond motifs is 1. The highest BCUT2D eigenvalue weighted by Crippen LogP contribution is 2.31. The van der Waals surface area contributed by atoms with Crippen LogP contribution in [-0.2, 0) is 9.53 Å². The van der Waals surface area contributed by atoms with E-state index in [1.165, 1.54) is 13.2 Å². The van der Waals surface area contributed by atoms with Gasteiger partial charge in [0.15, 0.2) is 11.0 Å². The number of amides is 1. The molecule has 1 amide bonds. The van der Waals surface area contributed by atoms with Crippen LogP contribution in [0.2, 0.25) is 0 Å². The average Bonchev–Trinajstić information content (AvgIpc) is 2.98. The first-order chi connectivity index (χ1) is 19.4. The van der Waals surface area contributed by atoms with Crippen LogP contribution in [0.4, 0.5) is 5.69 Å². The zero-order valence-electron chi connectivity index (χ0n) is 22.3. The third kappa shape index (κ3) is 5.22. The monoisotopic (exact) mass is 533 g/mol. The van der Waals surface area contributed by atoms with Gasteiger partial charge in [-0.2, -0.15) is 0 Å². The summed E-state index contributed by atoms with van der Waals surface area (Å²) >= 11 is 0. The molecule has 7 heteroatoms. The molecule has 4 aromatic carbocycles. The fourth-order valence-electron chi connectivity index (χ4n) is 4.52. The molecular formula is C33H27NO6. The maximum Gasteiger partial charge on any atom is 0.343 e. The van der Waals surface area contributed by atoms with Crippen LogP contribution in [0.25, 0.3) is 22.3 Å². The number of carbonyl (C=O) groups excluding carboxylic acids is 2. The van der Waals surface area contributed by atoms with E-state index in [9.17, 15) is 14.4 Å². The van der Waals surface area contributed by atoms with Crippen molar-refractivity contribution in [1.29, 1.82) is 0 Å². The van der Waals surface area contributed by atoms with Crippen LogP contribution in [0.1, 0.15) is 33.2 Å². The Bertz CT molecular complexity index is 1760. The summed E-state index contributed by atoms with van der Waals surface area (Å²) in [7, 11) is 1.51. The van der Waals surface area contributed by atoms with Crippen molar-refractivity contribution in [2.24, 2.45) is 0 Å². The third-order valence-corrected chi connectivity index (χ3v) is 6.58. The van der Waals surface area contributed by atoms with Gasteiger partial charge in [0.05, 0.1) is 18.2 Å². The van der Waals surface area contributed by atoms with E-state index in [1.807, 2.05) is 43.3 Å². The molecule has 5 rings (SSSR count). The molecule has 0 unspecified atom stereocenters. The molecule has 40 heavy (non-hydrogen) atoms. The standard InChI is InChI=1S/C33H27NO6/c1-20-17-18-27(38-3)26(19-20)34-32(36)30(23-13-8-5-9-14-23)40-33(37)25-16-10-15-24-28(35)21(2)29(39-31(24)25)22-11-6-4-7-12-22/h4-19,30H,1-3H3,(H,34,36)/t30-/m1/s1. The summed E-state index contributed by atoms with van der Waals surface area (Å²) in [5.41, 5.74) is 2.85. The second kappa shape index (κ2) is 11.3. The quantitative estimate of drug-likeness (QED) is 0.236. The Hall–Kier alpha value is -5.17. The van der Waals surface area contributed by atoms with Crippen molar-refractivity contribution in [1.82, 2.24) is 0 Å². The number of esters is 1. The Morgan fingerprint density at radius 3 is 2.25 bits per heavy atom. The minimum Gasteiger partial charge on any atom is -0.495 e. The van der Waals surface area contributed by atoms with Gasteiger partial charge in [0.2, 0.25) is 6.10 Å². The molecule has 1 heterocycles. The lowest BCUT2D eigenvalue weighted by atomic mass is 10.0. The highest BCUT2D eigenvalue weighted by atomic mass is 16.5. The van der Waals surface area contributed by atoms with E-state index >= 15 is 0 Å². The molecule has 200 valence electrons. The van der Waals surface area contributed by atoms with Crippen LogP contribution >= 0.6 is 0 Å². The number of carbonyl (C=O) groups is 2. The molecule has 1 aromatic heterocycles. The van der Waals surface area contributed by atoms with Crippen molar-refractivity contribution >= 4 is 28.5 Å². The van der Waals surface area contributed by atoms with Gasteiger partial charge < -0.3 is 19.2 Å². The van der Waals surface area contributed by atoms with Gasteiger partial charge in [-0.15, -0.1) is 0 Å². The van der Waals surface area contributed by atoms with Gasteiger partial charge in [-0.25, -0.2) is 4.79 Å². The summed E-state index contributed by atoms with van der Waals surface area (Å²) in [6, 6.07) is 28.0. The molecule has 1 N–H and O–H groups in total. The minimum atomic E-state index is -1.29. The summed E-state index contributed by atoms with van der Waals surface area (Å²) in [5, 5.41) is 3.07. The summed E-state index contributed by atoms with van der Waals surface area (Å²) in [6.45, 7) is 3.58. The van der Waals surface area contributed by atoms with Gasteiger partial charge in [0, 0.05) is 16.7 Å². The number of ether oxygens (including phenoxy) is 2.